The highest BCUT2D eigenvalue weighted by atomic mass is 19.1. The molecule has 1 aromatic heterocycles. The van der Waals surface area contributed by atoms with E-state index in [1.54, 1.807) is 11.0 Å². The van der Waals surface area contributed by atoms with E-state index in [0.717, 1.165) is 34.1 Å². The van der Waals surface area contributed by atoms with Gasteiger partial charge in [-0.1, -0.05) is 30.3 Å². The first-order chi connectivity index (χ1) is 13.9. The fraction of sp³-hybridized carbons (Fsp3) is 0.333. The SMILES string of the molecule is Cc1c(C(c2ccccc2)C2C(=O)N3CCCC3(C)C2=O)[nH]c2ccc(F)cc12. The molecule has 2 aliphatic rings. The number of Topliss-reactive ketones (excluding diaryl/α,β-unsaturated/α-hetero) is 1. The van der Waals surface area contributed by atoms with Gasteiger partial charge in [0.1, 0.15) is 11.7 Å². The Labute approximate surface area is 168 Å². The molecule has 2 aliphatic heterocycles. The summed E-state index contributed by atoms with van der Waals surface area (Å²) in [7, 11) is 0. The van der Waals surface area contributed by atoms with Crippen molar-refractivity contribution in [3.63, 3.8) is 0 Å². The van der Waals surface area contributed by atoms with E-state index >= 15 is 0 Å². The van der Waals surface area contributed by atoms with Gasteiger partial charge >= 0.3 is 0 Å². The lowest BCUT2D eigenvalue weighted by molar-refractivity contribution is -0.132. The Kier molecular flexibility index (Phi) is 3.92. The summed E-state index contributed by atoms with van der Waals surface area (Å²) < 4.78 is 13.9. The maximum absolute atomic E-state index is 13.9. The van der Waals surface area contributed by atoms with Crippen LogP contribution in [0.2, 0.25) is 0 Å². The molecular weight excluding hydrogens is 367 g/mol. The number of aromatic nitrogens is 1. The third-order valence-corrected chi connectivity index (χ3v) is 6.85. The maximum Gasteiger partial charge on any atom is 0.235 e. The van der Waals surface area contributed by atoms with Gasteiger partial charge in [0.05, 0.1) is 5.54 Å². The van der Waals surface area contributed by atoms with E-state index in [1.165, 1.54) is 12.1 Å². The summed E-state index contributed by atoms with van der Waals surface area (Å²) in [5.74, 6) is -1.58. The number of aryl methyl sites for hydroxylation is 1. The number of H-pyrrole nitrogens is 1. The largest absolute Gasteiger partial charge is 0.358 e. The average Bonchev–Trinajstić information content (AvgIpc) is 3.32. The molecule has 148 valence electrons. The molecule has 0 aliphatic carbocycles. The normalized spacial score (nSPS) is 25.1. The van der Waals surface area contributed by atoms with Crippen molar-refractivity contribution in [3.8, 4) is 0 Å². The number of aromatic amines is 1. The van der Waals surface area contributed by atoms with Crippen molar-refractivity contribution in [3.05, 3.63) is 71.2 Å². The van der Waals surface area contributed by atoms with Crippen molar-refractivity contribution in [1.29, 1.82) is 0 Å². The zero-order valence-electron chi connectivity index (χ0n) is 16.5. The number of carbonyl (C=O) groups excluding carboxylic acids is 2. The van der Waals surface area contributed by atoms with Gasteiger partial charge < -0.3 is 9.88 Å². The summed E-state index contributed by atoms with van der Waals surface area (Å²) in [4.78, 5) is 32.1. The quantitative estimate of drug-likeness (QED) is 0.677. The van der Waals surface area contributed by atoms with Crippen LogP contribution in [0.1, 0.15) is 42.5 Å². The molecule has 0 bridgehead atoms. The molecule has 2 aromatic carbocycles. The van der Waals surface area contributed by atoms with E-state index in [2.05, 4.69) is 4.98 Å². The van der Waals surface area contributed by atoms with Crippen LogP contribution in [-0.4, -0.2) is 33.7 Å². The lowest BCUT2D eigenvalue weighted by Gasteiger charge is -2.25. The number of hydrogen-bond acceptors (Lipinski definition) is 2. The molecule has 29 heavy (non-hydrogen) atoms. The van der Waals surface area contributed by atoms with Crippen molar-refractivity contribution in [2.45, 2.75) is 38.1 Å². The van der Waals surface area contributed by atoms with Crippen molar-refractivity contribution in [2.75, 3.05) is 6.54 Å². The Bertz CT molecular complexity index is 1140. The standard InChI is InChI=1S/C24H23FN2O2/c1-14-17-13-16(25)9-10-18(17)26-21(14)19(15-7-4-3-5-8-15)20-22(28)24(2)11-6-12-27(24)23(20)29/h3-5,7-10,13,19-20,26H,6,11-12H2,1-2H3. The Morgan fingerprint density at radius 3 is 2.66 bits per heavy atom. The van der Waals surface area contributed by atoms with Crippen molar-refractivity contribution in [2.24, 2.45) is 5.92 Å². The summed E-state index contributed by atoms with van der Waals surface area (Å²) in [5.41, 5.74) is 2.71. The Morgan fingerprint density at radius 1 is 1.17 bits per heavy atom. The molecule has 1 amide bonds. The molecule has 0 saturated carbocycles. The fourth-order valence-corrected chi connectivity index (χ4v) is 5.30. The van der Waals surface area contributed by atoms with Gasteiger partial charge in [0.2, 0.25) is 5.91 Å². The summed E-state index contributed by atoms with van der Waals surface area (Å²) in [6.07, 6.45) is 1.58. The molecule has 1 N–H and O–H groups in total. The number of rotatable bonds is 3. The fourth-order valence-electron chi connectivity index (χ4n) is 5.30. The monoisotopic (exact) mass is 390 g/mol. The van der Waals surface area contributed by atoms with Crippen LogP contribution in [0.4, 0.5) is 4.39 Å². The first-order valence-electron chi connectivity index (χ1n) is 10.1. The molecule has 2 fully saturated rings. The van der Waals surface area contributed by atoms with Crippen LogP contribution in [0.25, 0.3) is 10.9 Å². The number of nitrogens with zero attached hydrogens (tertiary/aromatic N) is 1. The minimum Gasteiger partial charge on any atom is -0.358 e. The molecule has 3 aromatic rings. The number of amides is 1. The molecule has 3 unspecified atom stereocenters. The minimum atomic E-state index is -0.765. The number of hydrogen-bond donors (Lipinski definition) is 1. The van der Waals surface area contributed by atoms with Crippen LogP contribution >= 0.6 is 0 Å². The van der Waals surface area contributed by atoms with Crippen LogP contribution < -0.4 is 0 Å². The van der Waals surface area contributed by atoms with E-state index < -0.39 is 17.4 Å². The molecule has 5 heteroatoms. The van der Waals surface area contributed by atoms with E-state index in [1.807, 2.05) is 44.2 Å². The van der Waals surface area contributed by atoms with Gasteiger partial charge in [-0.3, -0.25) is 9.59 Å². The zero-order valence-corrected chi connectivity index (χ0v) is 16.5. The predicted octanol–water partition coefficient (Wildman–Crippen LogP) is 4.33. The number of carbonyl (C=O) groups is 2. The molecule has 0 radical (unpaired) electrons. The summed E-state index contributed by atoms with van der Waals surface area (Å²) in [6.45, 7) is 4.46. The zero-order chi connectivity index (χ0) is 20.3. The third kappa shape index (κ3) is 2.49. The highest BCUT2D eigenvalue weighted by molar-refractivity contribution is 6.14. The van der Waals surface area contributed by atoms with Gasteiger partial charge in [0.15, 0.2) is 5.78 Å². The summed E-state index contributed by atoms with van der Waals surface area (Å²) in [5, 5.41) is 0.783. The minimum absolute atomic E-state index is 0.00177. The van der Waals surface area contributed by atoms with Crippen molar-refractivity contribution >= 4 is 22.6 Å². The van der Waals surface area contributed by atoms with Crippen LogP contribution in [0.3, 0.4) is 0 Å². The smallest absolute Gasteiger partial charge is 0.235 e. The van der Waals surface area contributed by atoms with Gasteiger partial charge in [-0.15, -0.1) is 0 Å². The molecule has 3 atom stereocenters. The topological polar surface area (TPSA) is 53.2 Å². The van der Waals surface area contributed by atoms with Crippen molar-refractivity contribution in [1.82, 2.24) is 9.88 Å². The number of benzene rings is 2. The molecular formula is C24H23FN2O2. The van der Waals surface area contributed by atoms with Crippen LogP contribution in [0.15, 0.2) is 48.5 Å². The Hall–Kier alpha value is -2.95. The van der Waals surface area contributed by atoms with Gasteiger partial charge in [-0.05, 0) is 56.0 Å². The second-order valence-electron chi connectivity index (χ2n) is 8.45. The van der Waals surface area contributed by atoms with Gasteiger partial charge in [-0.25, -0.2) is 4.39 Å². The molecule has 3 heterocycles. The Morgan fingerprint density at radius 2 is 1.93 bits per heavy atom. The number of nitrogens with one attached hydrogen (secondary N) is 1. The van der Waals surface area contributed by atoms with Gasteiger partial charge in [0, 0.05) is 29.1 Å². The first-order valence-corrected chi connectivity index (χ1v) is 10.1. The lowest BCUT2D eigenvalue weighted by Crippen LogP contribution is -2.41. The summed E-state index contributed by atoms with van der Waals surface area (Å²) in [6, 6.07) is 14.3. The van der Waals surface area contributed by atoms with Crippen LogP contribution in [0.5, 0.6) is 0 Å². The Balaban J connectivity index is 1.71. The number of halogens is 1. The molecule has 2 saturated heterocycles. The predicted molar refractivity (Wildman–Crippen MR) is 109 cm³/mol. The van der Waals surface area contributed by atoms with Crippen LogP contribution in [0, 0.1) is 18.7 Å². The molecule has 4 nitrogen and oxygen atoms in total. The molecule has 0 spiro atoms. The van der Waals surface area contributed by atoms with E-state index in [9.17, 15) is 14.0 Å². The van der Waals surface area contributed by atoms with E-state index in [4.69, 9.17) is 0 Å². The number of fused-ring (bicyclic) bond motifs is 2. The van der Waals surface area contributed by atoms with Crippen molar-refractivity contribution < 1.29 is 14.0 Å². The maximum atomic E-state index is 13.9. The summed E-state index contributed by atoms with van der Waals surface area (Å²) >= 11 is 0. The van der Waals surface area contributed by atoms with Gasteiger partial charge in [0.25, 0.3) is 0 Å². The highest BCUT2D eigenvalue weighted by Gasteiger charge is 2.59. The first kappa shape index (κ1) is 18.1. The number of ketones is 1. The second-order valence-corrected chi connectivity index (χ2v) is 8.45. The lowest BCUT2D eigenvalue weighted by atomic mass is 9.77. The van der Waals surface area contributed by atoms with E-state index in [-0.39, 0.29) is 17.5 Å². The average molecular weight is 390 g/mol. The second kappa shape index (κ2) is 6.28. The molecule has 5 rings (SSSR count). The van der Waals surface area contributed by atoms with E-state index in [0.29, 0.717) is 13.0 Å². The third-order valence-electron chi connectivity index (χ3n) is 6.85. The van der Waals surface area contributed by atoms with Gasteiger partial charge in [-0.2, -0.15) is 0 Å². The van der Waals surface area contributed by atoms with Crippen LogP contribution in [-0.2, 0) is 9.59 Å². The highest BCUT2D eigenvalue weighted by Crippen LogP contribution is 2.47.